The zero-order valence-electron chi connectivity index (χ0n) is 12.5. The van der Waals surface area contributed by atoms with E-state index in [2.05, 4.69) is 54.7 Å². The maximum Gasteiger partial charge on any atom is 0.224 e. The Hall–Kier alpha value is -2.09. The van der Waals surface area contributed by atoms with Gasteiger partial charge in [0.2, 0.25) is 5.91 Å². The molecule has 0 unspecified atom stereocenters. The summed E-state index contributed by atoms with van der Waals surface area (Å²) in [4.78, 5) is 12.1. The molecule has 0 aromatic heterocycles. The zero-order valence-corrected chi connectivity index (χ0v) is 12.5. The van der Waals surface area contributed by atoms with E-state index in [1.807, 2.05) is 0 Å². The Bertz CT molecular complexity index is 695. The van der Waals surface area contributed by atoms with Crippen LogP contribution in [0.2, 0.25) is 0 Å². The van der Waals surface area contributed by atoms with Gasteiger partial charge in [-0.1, -0.05) is 55.8 Å². The van der Waals surface area contributed by atoms with Crippen molar-refractivity contribution in [3.63, 3.8) is 0 Å². The summed E-state index contributed by atoms with van der Waals surface area (Å²) in [6.07, 6.45) is 5.76. The first-order chi connectivity index (χ1) is 10.3. The van der Waals surface area contributed by atoms with Crippen LogP contribution in [0.25, 0.3) is 16.3 Å². The first-order valence-corrected chi connectivity index (χ1v) is 7.76. The van der Waals surface area contributed by atoms with Gasteiger partial charge in [-0.3, -0.25) is 4.79 Å². The predicted molar refractivity (Wildman–Crippen MR) is 88.2 cm³/mol. The third-order valence-corrected chi connectivity index (χ3v) is 4.11. The Morgan fingerprint density at radius 1 is 1.19 bits per heavy atom. The fourth-order valence-corrected chi connectivity index (χ4v) is 3.01. The number of nitrogens with one attached hydrogen (secondary N) is 1. The van der Waals surface area contributed by atoms with Crippen molar-refractivity contribution in [2.24, 2.45) is 0 Å². The third-order valence-electron chi connectivity index (χ3n) is 4.11. The molecule has 3 rings (SSSR count). The van der Waals surface area contributed by atoms with Gasteiger partial charge in [0, 0.05) is 6.54 Å². The first kappa shape index (κ1) is 13.9. The lowest BCUT2D eigenvalue weighted by Crippen LogP contribution is -2.24. The number of allylic oxidation sites excluding steroid dienone is 1. The lowest BCUT2D eigenvalue weighted by Gasteiger charge is -2.18. The average molecular weight is 279 g/mol. The lowest BCUT2D eigenvalue weighted by atomic mass is 9.87. The largest absolute Gasteiger partial charge is 0.356 e. The Morgan fingerprint density at radius 2 is 2.00 bits per heavy atom. The number of hydrogen-bond acceptors (Lipinski definition) is 1. The van der Waals surface area contributed by atoms with Gasteiger partial charge in [0.25, 0.3) is 0 Å². The lowest BCUT2D eigenvalue weighted by molar-refractivity contribution is -0.120. The number of unbranched alkanes of at least 4 members (excludes halogenated alkanes) is 1. The zero-order chi connectivity index (χ0) is 14.7. The second-order valence-corrected chi connectivity index (χ2v) is 5.63. The van der Waals surface area contributed by atoms with Crippen molar-refractivity contribution in [3.05, 3.63) is 53.6 Å². The van der Waals surface area contributed by atoms with Crippen LogP contribution in [0, 0.1) is 0 Å². The molecule has 2 nitrogen and oxygen atoms in total. The fourth-order valence-electron chi connectivity index (χ4n) is 3.01. The Morgan fingerprint density at radius 3 is 2.81 bits per heavy atom. The number of carbonyl (C=O) groups excluding carboxylic acids is 1. The molecule has 0 aliphatic heterocycles. The van der Waals surface area contributed by atoms with Gasteiger partial charge < -0.3 is 5.32 Å². The van der Waals surface area contributed by atoms with Crippen LogP contribution in [0.15, 0.2) is 42.5 Å². The second-order valence-electron chi connectivity index (χ2n) is 5.63. The van der Waals surface area contributed by atoms with Crippen LogP contribution in [0.4, 0.5) is 0 Å². The van der Waals surface area contributed by atoms with Gasteiger partial charge in [-0.05, 0) is 40.3 Å². The molecule has 0 fully saturated rings. The van der Waals surface area contributed by atoms with Gasteiger partial charge in [-0.25, -0.2) is 0 Å². The molecule has 0 atom stereocenters. The van der Waals surface area contributed by atoms with E-state index in [-0.39, 0.29) is 5.91 Å². The average Bonchev–Trinajstić information content (AvgIpc) is 2.51. The Kier molecular flexibility index (Phi) is 4.05. The van der Waals surface area contributed by atoms with Crippen molar-refractivity contribution in [2.75, 3.05) is 6.54 Å². The summed E-state index contributed by atoms with van der Waals surface area (Å²) in [5.41, 5.74) is 3.74. The van der Waals surface area contributed by atoms with Crippen molar-refractivity contribution in [1.29, 1.82) is 0 Å². The fraction of sp³-hybridized carbons (Fsp3) is 0.316. The van der Waals surface area contributed by atoms with Gasteiger partial charge in [-0.15, -0.1) is 0 Å². The minimum absolute atomic E-state index is 0.131. The van der Waals surface area contributed by atoms with Gasteiger partial charge >= 0.3 is 0 Å². The van der Waals surface area contributed by atoms with E-state index in [1.54, 1.807) is 0 Å². The molecule has 1 aliphatic carbocycles. The van der Waals surface area contributed by atoms with E-state index in [0.29, 0.717) is 6.42 Å². The second kappa shape index (κ2) is 6.13. The van der Waals surface area contributed by atoms with Gasteiger partial charge in [0.15, 0.2) is 0 Å². The summed E-state index contributed by atoms with van der Waals surface area (Å²) in [7, 11) is 0. The summed E-state index contributed by atoms with van der Waals surface area (Å²) < 4.78 is 0. The summed E-state index contributed by atoms with van der Waals surface area (Å²) >= 11 is 0. The molecule has 0 spiro atoms. The van der Waals surface area contributed by atoms with Crippen LogP contribution in [-0.4, -0.2) is 12.5 Å². The highest BCUT2D eigenvalue weighted by molar-refractivity contribution is 6.01. The Labute approximate surface area is 125 Å². The minimum Gasteiger partial charge on any atom is -0.356 e. The van der Waals surface area contributed by atoms with Crippen molar-refractivity contribution in [3.8, 4) is 0 Å². The van der Waals surface area contributed by atoms with Crippen LogP contribution in [-0.2, 0) is 11.2 Å². The maximum atomic E-state index is 12.1. The number of benzene rings is 2. The maximum absolute atomic E-state index is 12.1. The number of rotatable bonds is 5. The summed E-state index contributed by atoms with van der Waals surface area (Å²) in [6, 6.07) is 12.8. The molecule has 0 radical (unpaired) electrons. The van der Waals surface area contributed by atoms with Crippen LogP contribution >= 0.6 is 0 Å². The molecule has 1 amide bonds. The molecular formula is C19H21NO. The molecule has 1 aliphatic rings. The monoisotopic (exact) mass is 279 g/mol. The molecule has 2 aromatic carbocycles. The molecule has 0 heterocycles. The van der Waals surface area contributed by atoms with Crippen LogP contribution in [0.3, 0.4) is 0 Å². The van der Waals surface area contributed by atoms with Crippen molar-refractivity contribution >= 4 is 22.3 Å². The highest BCUT2D eigenvalue weighted by Crippen LogP contribution is 2.34. The molecule has 0 saturated heterocycles. The first-order valence-electron chi connectivity index (χ1n) is 7.76. The van der Waals surface area contributed by atoms with E-state index in [9.17, 15) is 4.79 Å². The normalized spacial score (nSPS) is 13.1. The summed E-state index contributed by atoms with van der Waals surface area (Å²) in [5.74, 6) is 0.131. The van der Waals surface area contributed by atoms with E-state index >= 15 is 0 Å². The van der Waals surface area contributed by atoms with Crippen LogP contribution in [0.1, 0.15) is 37.3 Å². The smallest absolute Gasteiger partial charge is 0.224 e. The molecule has 2 aromatic rings. The molecular weight excluding hydrogens is 258 g/mol. The number of carbonyl (C=O) groups is 1. The molecule has 1 N–H and O–H groups in total. The van der Waals surface area contributed by atoms with Crippen LogP contribution < -0.4 is 5.32 Å². The summed E-state index contributed by atoms with van der Waals surface area (Å²) in [6.45, 7) is 2.91. The minimum atomic E-state index is 0.131. The van der Waals surface area contributed by atoms with E-state index < -0.39 is 0 Å². The third kappa shape index (κ3) is 2.85. The van der Waals surface area contributed by atoms with Gasteiger partial charge in [-0.2, -0.15) is 0 Å². The number of amides is 1. The van der Waals surface area contributed by atoms with Gasteiger partial charge in [0.1, 0.15) is 0 Å². The quantitative estimate of drug-likeness (QED) is 0.821. The summed E-state index contributed by atoms with van der Waals surface area (Å²) in [5, 5.41) is 5.59. The SMILES string of the molecule is CCCCNC(=O)CC1=CCc2cccc3cccc1c23. The molecule has 21 heavy (non-hydrogen) atoms. The molecule has 108 valence electrons. The highest BCUT2D eigenvalue weighted by atomic mass is 16.1. The van der Waals surface area contributed by atoms with Crippen molar-refractivity contribution in [2.45, 2.75) is 32.6 Å². The topological polar surface area (TPSA) is 29.1 Å². The molecule has 0 saturated carbocycles. The van der Waals surface area contributed by atoms with Crippen molar-refractivity contribution < 1.29 is 4.79 Å². The van der Waals surface area contributed by atoms with Gasteiger partial charge in [0.05, 0.1) is 6.42 Å². The standard InChI is InChI=1S/C19H21NO/c1-2-3-12-20-18(21)13-16-11-10-15-7-4-6-14-8-5-9-17(16)19(14)15/h4-9,11H,2-3,10,12-13H2,1H3,(H,20,21). The van der Waals surface area contributed by atoms with E-state index in [4.69, 9.17) is 0 Å². The number of hydrogen-bond donors (Lipinski definition) is 1. The van der Waals surface area contributed by atoms with Crippen molar-refractivity contribution in [1.82, 2.24) is 5.32 Å². The molecule has 0 bridgehead atoms. The highest BCUT2D eigenvalue weighted by Gasteiger charge is 2.16. The molecule has 2 heteroatoms. The van der Waals surface area contributed by atoms with Crippen LogP contribution in [0.5, 0.6) is 0 Å². The van der Waals surface area contributed by atoms with E-state index in [0.717, 1.165) is 31.4 Å². The van der Waals surface area contributed by atoms with E-state index in [1.165, 1.54) is 21.9 Å². The Balaban J connectivity index is 1.83. The predicted octanol–water partition coefficient (Wildman–Crippen LogP) is 4.09.